The molecule has 0 bridgehead atoms. The maximum absolute atomic E-state index is 13.2. The van der Waals surface area contributed by atoms with Crippen molar-refractivity contribution in [1.82, 2.24) is 14.9 Å². The average Bonchev–Trinajstić information content (AvgIpc) is 3.50. The summed E-state index contributed by atoms with van der Waals surface area (Å²) < 4.78 is 7.77. The molecule has 3 aromatic carbocycles. The minimum absolute atomic E-state index is 0.0212. The molecule has 0 unspecified atom stereocenters. The molecule has 8 heteroatoms. The number of aromatic nitrogens is 2. The van der Waals surface area contributed by atoms with Crippen LogP contribution in [-0.4, -0.2) is 39.6 Å². The highest BCUT2D eigenvalue weighted by molar-refractivity contribution is 5.98. The molecule has 2 amide bonds. The number of carbonyl (C=O) groups excluding carboxylic acids is 2. The van der Waals surface area contributed by atoms with Gasteiger partial charge in [0.1, 0.15) is 6.04 Å². The standard InChI is InChI=1S/C30H31N5O3/c1-30(2,31)29(37)33-25(18-38-17-20-10-4-3-5-11-20)28(36)34-26-16-35(19-32-26)27-23-14-8-6-12-21(23)22-13-7-9-15-24(22)27/h3-16,19,25,27H,17-18,31H2,1-2H3,(H,33,37)(H,34,36)/t25-/m1/s1. The van der Waals surface area contributed by atoms with Crippen LogP contribution in [-0.2, 0) is 20.9 Å². The number of anilines is 1. The van der Waals surface area contributed by atoms with E-state index in [9.17, 15) is 9.59 Å². The Kier molecular flexibility index (Phi) is 7.09. The third-order valence-corrected chi connectivity index (χ3v) is 6.55. The number of nitrogens with one attached hydrogen (secondary N) is 2. The second-order valence-electron chi connectivity index (χ2n) is 10.0. The maximum Gasteiger partial charge on any atom is 0.250 e. The molecule has 0 spiro atoms. The summed E-state index contributed by atoms with van der Waals surface area (Å²) in [6.45, 7) is 3.45. The van der Waals surface area contributed by atoms with E-state index in [1.165, 1.54) is 22.3 Å². The third kappa shape index (κ3) is 5.37. The van der Waals surface area contributed by atoms with Gasteiger partial charge in [-0.25, -0.2) is 4.98 Å². The van der Waals surface area contributed by atoms with E-state index in [0.717, 1.165) is 5.56 Å². The van der Waals surface area contributed by atoms with Gasteiger partial charge < -0.3 is 25.7 Å². The van der Waals surface area contributed by atoms with E-state index in [1.54, 1.807) is 26.4 Å². The van der Waals surface area contributed by atoms with Crippen molar-refractivity contribution in [3.05, 3.63) is 108 Å². The van der Waals surface area contributed by atoms with Crippen LogP contribution in [0.4, 0.5) is 5.82 Å². The fourth-order valence-electron chi connectivity index (χ4n) is 4.60. The first-order valence-corrected chi connectivity index (χ1v) is 12.6. The van der Waals surface area contributed by atoms with E-state index in [-0.39, 0.29) is 12.6 Å². The zero-order chi connectivity index (χ0) is 26.7. The fourth-order valence-corrected chi connectivity index (χ4v) is 4.60. The molecule has 0 saturated heterocycles. The summed E-state index contributed by atoms with van der Waals surface area (Å²) in [6, 6.07) is 25.2. The second-order valence-corrected chi connectivity index (χ2v) is 10.0. The van der Waals surface area contributed by atoms with Gasteiger partial charge in [0, 0.05) is 6.20 Å². The molecular weight excluding hydrogens is 478 g/mol. The SMILES string of the molecule is CC(C)(N)C(=O)N[C@H](COCc1ccccc1)C(=O)Nc1cn(C2c3ccccc3-c3ccccc32)cn1. The molecule has 4 N–H and O–H groups in total. The van der Waals surface area contributed by atoms with E-state index in [2.05, 4.69) is 39.9 Å². The normalized spacial score (nSPS) is 13.4. The summed E-state index contributed by atoms with van der Waals surface area (Å²) in [7, 11) is 0. The number of hydrogen-bond acceptors (Lipinski definition) is 5. The summed E-state index contributed by atoms with van der Waals surface area (Å²) in [5, 5.41) is 5.55. The van der Waals surface area contributed by atoms with E-state index < -0.39 is 23.4 Å². The van der Waals surface area contributed by atoms with E-state index in [0.29, 0.717) is 12.4 Å². The zero-order valence-electron chi connectivity index (χ0n) is 21.4. The Morgan fingerprint density at radius 1 is 0.974 bits per heavy atom. The molecule has 0 aliphatic heterocycles. The van der Waals surface area contributed by atoms with Crippen LogP contribution in [0.25, 0.3) is 11.1 Å². The van der Waals surface area contributed by atoms with Crippen LogP contribution in [0.1, 0.15) is 36.6 Å². The monoisotopic (exact) mass is 509 g/mol. The summed E-state index contributed by atoms with van der Waals surface area (Å²) in [4.78, 5) is 30.3. The lowest BCUT2D eigenvalue weighted by atomic mass is 10.1. The molecule has 8 nitrogen and oxygen atoms in total. The van der Waals surface area contributed by atoms with Crippen LogP contribution < -0.4 is 16.4 Å². The summed E-state index contributed by atoms with van der Waals surface area (Å²) >= 11 is 0. The lowest BCUT2D eigenvalue weighted by Crippen LogP contribution is -2.56. The topological polar surface area (TPSA) is 111 Å². The number of fused-ring (bicyclic) bond motifs is 3. The molecule has 0 saturated carbocycles. The van der Waals surface area contributed by atoms with Crippen molar-refractivity contribution >= 4 is 17.6 Å². The van der Waals surface area contributed by atoms with Crippen molar-refractivity contribution in [3.8, 4) is 11.1 Å². The first kappa shape index (κ1) is 25.4. The molecular formula is C30H31N5O3. The smallest absolute Gasteiger partial charge is 0.250 e. The Labute approximate surface area is 221 Å². The van der Waals surface area contributed by atoms with Crippen molar-refractivity contribution in [2.45, 2.75) is 38.1 Å². The number of hydrogen-bond donors (Lipinski definition) is 3. The van der Waals surface area contributed by atoms with Gasteiger partial charge in [-0.2, -0.15) is 0 Å². The highest BCUT2D eigenvalue weighted by Gasteiger charge is 2.31. The number of amides is 2. The number of nitrogens with zero attached hydrogens (tertiary/aromatic N) is 2. The number of rotatable bonds is 9. The molecule has 1 atom stereocenters. The van der Waals surface area contributed by atoms with Crippen LogP contribution in [0.3, 0.4) is 0 Å². The number of carbonyl (C=O) groups is 2. The summed E-state index contributed by atoms with van der Waals surface area (Å²) in [6.07, 6.45) is 3.51. The Bertz CT molecular complexity index is 1400. The Balaban J connectivity index is 1.32. The van der Waals surface area contributed by atoms with Crippen molar-refractivity contribution in [1.29, 1.82) is 0 Å². The second kappa shape index (κ2) is 10.6. The van der Waals surface area contributed by atoms with E-state index in [4.69, 9.17) is 10.5 Å². The van der Waals surface area contributed by atoms with Crippen molar-refractivity contribution < 1.29 is 14.3 Å². The number of imidazole rings is 1. The maximum atomic E-state index is 13.2. The average molecular weight is 510 g/mol. The lowest BCUT2D eigenvalue weighted by Gasteiger charge is -2.23. The summed E-state index contributed by atoms with van der Waals surface area (Å²) in [5.74, 6) is -0.509. The minimum atomic E-state index is -1.15. The fraction of sp³-hybridized carbons (Fsp3) is 0.233. The Morgan fingerprint density at radius 3 is 2.21 bits per heavy atom. The molecule has 0 radical (unpaired) electrons. The number of ether oxygens (including phenoxy) is 1. The Hall–Kier alpha value is -4.27. The van der Waals surface area contributed by atoms with Crippen LogP contribution in [0.5, 0.6) is 0 Å². The molecule has 1 heterocycles. The van der Waals surface area contributed by atoms with Crippen molar-refractivity contribution in [2.75, 3.05) is 11.9 Å². The van der Waals surface area contributed by atoms with Crippen LogP contribution >= 0.6 is 0 Å². The largest absolute Gasteiger partial charge is 0.374 e. The highest BCUT2D eigenvalue weighted by atomic mass is 16.5. The molecule has 0 fully saturated rings. The quantitative estimate of drug-likeness (QED) is 0.279. The first-order valence-electron chi connectivity index (χ1n) is 12.6. The third-order valence-electron chi connectivity index (χ3n) is 6.55. The first-order chi connectivity index (χ1) is 18.3. The lowest BCUT2D eigenvalue weighted by molar-refractivity contribution is -0.130. The van der Waals surface area contributed by atoms with Gasteiger partial charge >= 0.3 is 0 Å². The molecule has 5 rings (SSSR count). The molecule has 1 aliphatic carbocycles. The molecule has 38 heavy (non-hydrogen) atoms. The number of nitrogens with two attached hydrogens (primary N) is 1. The highest BCUT2D eigenvalue weighted by Crippen LogP contribution is 2.45. The molecule has 4 aromatic rings. The number of benzene rings is 3. The molecule has 1 aromatic heterocycles. The van der Waals surface area contributed by atoms with E-state index in [1.807, 2.05) is 59.2 Å². The van der Waals surface area contributed by atoms with Gasteiger partial charge in [-0.15, -0.1) is 0 Å². The van der Waals surface area contributed by atoms with Gasteiger partial charge in [0.05, 0.1) is 31.1 Å². The van der Waals surface area contributed by atoms with Crippen LogP contribution in [0, 0.1) is 0 Å². The van der Waals surface area contributed by atoms with E-state index >= 15 is 0 Å². The van der Waals surface area contributed by atoms with Gasteiger partial charge in [0.2, 0.25) is 5.91 Å². The van der Waals surface area contributed by atoms with Gasteiger partial charge in [-0.05, 0) is 41.7 Å². The van der Waals surface area contributed by atoms with Crippen molar-refractivity contribution in [2.24, 2.45) is 5.73 Å². The Morgan fingerprint density at radius 2 is 1.58 bits per heavy atom. The predicted molar refractivity (Wildman–Crippen MR) is 146 cm³/mol. The van der Waals surface area contributed by atoms with Gasteiger partial charge in [0.25, 0.3) is 5.91 Å². The summed E-state index contributed by atoms with van der Waals surface area (Å²) in [5.41, 5.74) is 10.5. The van der Waals surface area contributed by atoms with Crippen LogP contribution in [0.2, 0.25) is 0 Å². The zero-order valence-corrected chi connectivity index (χ0v) is 21.4. The van der Waals surface area contributed by atoms with Gasteiger partial charge in [0.15, 0.2) is 5.82 Å². The predicted octanol–water partition coefficient (Wildman–Crippen LogP) is 3.88. The van der Waals surface area contributed by atoms with Gasteiger partial charge in [-0.1, -0.05) is 78.9 Å². The molecule has 1 aliphatic rings. The van der Waals surface area contributed by atoms with Crippen molar-refractivity contribution in [3.63, 3.8) is 0 Å². The van der Waals surface area contributed by atoms with Gasteiger partial charge in [-0.3, -0.25) is 9.59 Å². The van der Waals surface area contributed by atoms with Crippen LogP contribution in [0.15, 0.2) is 91.4 Å². The minimum Gasteiger partial charge on any atom is -0.374 e. The molecule has 194 valence electrons.